The number of carbonyl (C=O) groups excluding carboxylic acids is 1. The van der Waals surface area contributed by atoms with Crippen molar-refractivity contribution >= 4 is 17.6 Å². The molecule has 0 atom stereocenters. The number of anilines is 1. The summed E-state index contributed by atoms with van der Waals surface area (Å²) in [6, 6.07) is 6.32. The first kappa shape index (κ1) is 14.6. The molecule has 0 unspecified atom stereocenters. The smallest absolute Gasteiger partial charge is 0.335 e. The van der Waals surface area contributed by atoms with Crippen LogP contribution in [0, 0.1) is 20.8 Å². The third kappa shape index (κ3) is 3.22. The van der Waals surface area contributed by atoms with Gasteiger partial charge >= 0.3 is 5.97 Å². The molecule has 0 radical (unpaired) electrons. The van der Waals surface area contributed by atoms with Crippen molar-refractivity contribution in [3.63, 3.8) is 0 Å². The molecule has 0 saturated carbocycles. The molecule has 0 spiro atoms. The number of aromatic nitrogens is 2. The Bertz CT molecular complexity index is 726. The fourth-order valence-corrected chi connectivity index (χ4v) is 1.96. The number of nitrogens with one attached hydrogen (secondary N) is 1. The number of hydrogen-bond donors (Lipinski definition) is 2. The molecule has 2 rings (SSSR count). The second-order valence-electron chi connectivity index (χ2n) is 4.77. The Balaban J connectivity index is 2.26. The molecule has 0 bridgehead atoms. The number of carboxylic acids is 1. The minimum absolute atomic E-state index is 0.214. The van der Waals surface area contributed by atoms with E-state index in [-0.39, 0.29) is 11.5 Å². The monoisotopic (exact) mass is 285 g/mol. The first-order valence-electron chi connectivity index (χ1n) is 6.34. The summed E-state index contributed by atoms with van der Waals surface area (Å²) in [7, 11) is 0. The van der Waals surface area contributed by atoms with Crippen LogP contribution in [0.2, 0.25) is 0 Å². The molecule has 0 aliphatic carbocycles. The standard InChI is InChI=1S/C15H15N3O3/c1-8-6-11(4-5-12(8)15(20)21)16-14(19)13-7-9(2)17-18-10(13)3/h4-7H,1-3H3,(H,16,19)(H,20,21). The maximum absolute atomic E-state index is 12.2. The summed E-state index contributed by atoms with van der Waals surface area (Å²) in [5, 5.41) is 19.5. The number of carbonyl (C=O) groups is 2. The van der Waals surface area contributed by atoms with Gasteiger partial charge in [0.25, 0.3) is 5.91 Å². The Morgan fingerprint density at radius 2 is 1.76 bits per heavy atom. The van der Waals surface area contributed by atoms with Crippen LogP contribution >= 0.6 is 0 Å². The Labute approximate surface area is 121 Å². The molecule has 6 heteroatoms. The topological polar surface area (TPSA) is 92.2 Å². The Morgan fingerprint density at radius 1 is 1.05 bits per heavy atom. The van der Waals surface area contributed by atoms with E-state index in [0.717, 1.165) is 0 Å². The lowest BCUT2D eigenvalue weighted by atomic mass is 10.1. The van der Waals surface area contributed by atoms with Gasteiger partial charge in [0.1, 0.15) is 0 Å². The average molecular weight is 285 g/mol. The molecule has 1 aromatic heterocycles. The third-order valence-corrected chi connectivity index (χ3v) is 3.06. The van der Waals surface area contributed by atoms with Gasteiger partial charge in [0.15, 0.2) is 0 Å². The van der Waals surface area contributed by atoms with Crippen LogP contribution in [-0.4, -0.2) is 27.2 Å². The molecule has 1 amide bonds. The summed E-state index contributed by atoms with van der Waals surface area (Å²) in [5.74, 6) is -1.29. The molecular weight excluding hydrogens is 270 g/mol. The van der Waals surface area contributed by atoms with Crippen molar-refractivity contribution < 1.29 is 14.7 Å². The molecule has 6 nitrogen and oxygen atoms in total. The third-order valence-electron chi connectivity index (χ3n) is 3.06. The summed E-state index contributed by atoms with van der Waals surface area (Å²) >= 11 is 0. The van der Waals surface area contributed by atoms with Gasteiger partial charge in [-0.1, -0.05) is 0 Å². The number of carboxylic acid groups (broad SMARTS) is 1. The van der Waals surface area contributed by atoms with Gasteiger partial charge in [-0.15, -0.1) is 0 Å². The van der Waals surface area contributed by atoms with Gasteiger partial charge in [0.05, 0.1) is 22.5 Å². The van der Waals surface area contributed by atoms with Gasteiger partial charge in [0.2, 0.25) is 0 Å². The fraction of sp³-hybridized carbons (Fsp3) is 0.200. The zero-order valence-corrected chi connectivity index (χ0v) is 12.0. The van der Waals surface area contributed by atoms with Gasteiger partial charge < -0.3 is 10.4 Å². The van der Waals surface area contributed by atoms with E-state index < -0.39 is 5.97 Å². The second-order valence-corrected chi connectivity index (χ2v) is 4.77. The number of nitrogens with zero attached hydrogens (tertiary/aromatic N) is 2. The maximum atomic E-state index is 12.2. The molecule has 21 heavy (non-hydrogen) atoms. The summed E-state index contributed by atoms with van der Waals surface area (Å²) < 4.78 is 0. The lowest BCUT2D eigenvalue weighted by Gasteiger charge is -2.09. The number of amides is 1. The van der Waals surface area contributed by atoms with Crippen molar-refractivity contribution in [2.45, 2.75) is 20.8 Å². The molecular formula is C15H15N3O3. The highest BCUT2D eigenvalue weighted by Crippen LogP contribution is 2.17. The Hall–Kier alpha value is -2.76. The molecule has 0 aliphatic heterocycles. The van der Waals surface area contributed by atoms with Crippen molar-refractivity contribution in [3.8, 4) is 0 Å². The zero-order chi connectivity index (χ0) is 15.6. The summed E-state index contributed by atoms with van der Waals surface area (Å²) in [4.78, 5) is 23.2. The van der Waals surface area contributed by atoms with Crippen LogP contribution in [0.5, 0.6) is 0 Å². The maximum Gasteiger partial charge on any atom is 0.335 e. The number of hydrogen-bond acceptors (Lipinski definition) is 4. The number of rotatable bonds is 3. The predicted molar refractivity (Wildman–Crippen MR) is 77.6 cm³/mol. The van der Waals surface area contributed by atoms with E-state index in [0.29, 0.717) is 28.2 Å². The SMILES string of the molecule is Cc1cc(C(=O)Nc2ccc(C(=O)O)c(C)c2)c(C)nn1. The van der Waals surface area contributed by atoms with E-state index in [2.05, 4.69) is 15.5 Å². The van der Waals surface area contributed by atoms with E-state index in [4.69, 9.17) is 5.11 Å². The van der Waals surface area contributed by atoms with E-state index in [9.17, 15) is 9.59 Å². The highest BCUT2D eigenvalue weighted by atomic mass is 16.4. The highest BCUT2D eigenvalue weighted by Gasteiger charge is 2.13. The van der Waals surface area contributed by atoms with Crippen LogP contribution in [0.4, 0.5) is 5.69 Å². The van der Waals surface area contributed by atoms with Crippen molar-refractivity contribution in [2.75, 3.05) is 5.32 Å². The molecule has 108 valence electrons. The molecule has 1 aromatic carbocycles. The minimum Gasteiger partial charge on any atom is -0.478 e. The van der Waals surface area contributed by atoms with Crippen molar-refractivity contribution in [3.05, 3.63) is 52.3 Å². The van der Waals surface area contributed by atoms with Crippen molar-refractivity contribution in [1.82, 2.24) is 10.2 Å². The van der Waals surface area contributed by atoms with Crippen LogP contribution in [0.1, 0.15) is 37.7 Å². The molecule has 2 aromatic rings. The summed E-state index contributed by atoms with van der Waals surface area (Å²) in [5.41, 5.74) is 2.98. The molecule has 1 heterocycles. The lowest BCUT2D eigenvalue weighted by Crippen LogP contribution is -2.15. The van der Waals surface area contributed by atoms with Crippen LogP contribution in [0.15, 0.2) is 24.3 Å². The van der Waals surface area contributed by atoms with Crippen LogP contribution in [0.25, 0.3) is 0 Å². The first-order chi connectivity index (χ1) is 9.88. The molecule has 0 saturated heterocycles. The van der Waals surface area contributed by atoms with Crippen molar-refractivity contribution in [2.24, 2.45) is 0 Å². The van der Waals surface area contributed by atoms with Crippen LogP contribution in [-0.2, 0) is 0 Å². The highest BCUT2D eigenvalue weighted by molar-refractivity contribution is 6.05. The fourth-order valence-electron chi connectivity index (χ4n) is 1.96. The molecule has 0 fully saturated rings. The van der Waals surface area contributed by atoms with Gasteiger partial charge in [-0.2, -0.15) is 10.2 Å². The van der Waals surface area contributed by atoms with E-state index >= 15 is 0 Å². The number of aryl methyl sites for hydroxylation is 3. The first-order valence-corrected chi connectivity index (χ1v) is 6.34. The molecule has 2 N–H and O–H groups in total. The van der Waals surface area contributed by atoms with E-state index in [1.807, 2.05) is 0 Å². The predicted octanol–water partition coefficient (Wildman–Crippen LogP) is 2.35. The normalized spacial score (nSPS) is 10.2. The lowest BCUT2D eigenvalue weighted by molar-refractivity contribution is 0.0696. The number of aromatic carboxylic acids is 1. The summed E-state index contributed by atoms with van der Waals surface area (Å²) in [6.07, 6.45) is 0. The minimum atomic E-state index is -0.991. The second kappa shape index (κ2) is 5.70. The molecule has 0 aliphatic rings. The van der Waals surface area contributed by atoms with Gasteiger partial charge in [-0.05, 0) is 50.6 Å². The van der Waals surface area contributed by atoms with Gasteiger partial charge in [-0.3, -0.25) is 4.79 Å². The van der Waals surface area contributed by atoms with Gasteiger partial charge in [-0.25, -0.2) is 4.79 Å². The largest absolute Gasteiger partial charge is 0.478 e. The van der Waals surface area contributed by atoms with Crippen LogP contribution < -0.4 is 5.32 Å². The van der Waals surface area contributed by atoms with Crippen LogP contribution in [0.3, 0.4) is 0 Å². The summed E-state index contributed by atoms with van der Waals surface area (Å²) in [6.45, 7) is 5.15. The van der Waals surface area contributed by atoms with Gasteiger partial charge in [0, 0.05) is 5.69 Å². The Kier molecular flexibility index (Phi) is 3.98. The van der Waals surface area contributed by atoms with Crippen molar-refractivity contribution in [1.29, 1.82) is 0 Å². The Morgan fingerprint density at radius 3 is 2.38 bits per heavy atom. The quantitative estimate of drug-likeness (QED) is 0.903. The van der Waals surface area contributed by atoms with E-state index in [1.165, 1.54) is 6.07 Å². The van der Waals surface area contributed by atoms with E-state index in [1.54, 1.807) is 39.0 Å². The zero-order valence-electron chi connectivity index (χ0n) is 12.0. The average Bonchev–Trinajstić information content (AvgIpc) is 2.41. The number of benzene rings is 1.